The average molecular weight is 756 g/mol. The van der Waals surface area contributed by atoms with Crippen LogP contribution in [-0.4, -0.2) is 4.57 Å². The summed E-state index contributed by atoms with van der Waals surface area (Å²) in [5.74, 6) is 3.31. The predicted molar refractivity (Wildman–Crippen MR) is 243 cm³/mol. The van der Waals surface area contributed by atoms with Crippen molar-refractivity contribution in [2.45, 2.75) is 0 Å². The van der Waals surface area contributed by atoms with Crippen molar-refractivity contribution in [2.75, 3.05) is 9.80 Å². The molecule has 5 heteroatoms. The van der Waals surface area contributed by atoms with Gasteiger partial charge in [-0.2, -0.15) is 0 Å². The van der Waals surface area contributed by atoms with Crippen molar-refractivity contribution >= 4 is 88.2 Å². The molecule has 11 aromatic rings. The minimum Gasteiger partial charge on any atom is -0.453 e. The first-order valence-electron chi connectivity index (χ1n) is 20.0. The van der Waals surface area contributed by atoms with Gasteiger partial charge in [-0.15, -0.1) is 0 Å². The first-order chi connectivity index (χ1) is 29.3. The fourth-order valence-electron chi connectivity index (χ4n) is 9.58. The molecule has 0 radical (unpaired) electrons. The molecule has 1 aromatic heterocycles. The van der Waals surface area contributed by atoms with Crippen molar-refractivity contribution in [1.82, 2.24) is 4.57 Å². The molecule has 59 heavy (non-hydrogen) atoms. The molecule has 0 atom stereocenters. The van der Waals surface area contributed by atoms with E-state index in [0.717, 1.165) is 90.0 Å². The number of anilines is 6. The SMILES string of the molecule is c1ccc(-n2c3ccccc3c3cc4c(cc32)N(c2cc3c5ccccc5c(N5c6ccccc6Oc6ccccc65)cc3c3ccccc23)c2ccccc2O4)cc1. The first kappa shape index (κ1) is 32.1. The van der Waals surface area contributed by atoms with Gasteiger partial charge in [0, 0.05) is 27.2 Å². The molecule has 0 fully saturated rings. The molecular weight excluding hydrogens is 723 g/mol. The number of benzene rings is 10. The highest BCUT2D eigenvalue weighted by atomic mass is 16.5. The largest absolute Gasteiger partial charge is 0.453 e. The lowest BCUT2D eigenvalue weighted by Gasteiger charge is -2.35. The molecule has 0 bridgehead atoms. The monoisotopic (exact) mass is 755 g/mol. The highest BCUT2D eigenvalue weighted by Crippen LogP contribution is 2.56. The maximum absolute atomic E-state index is 6.84. The fourth-order valence-corrected chi connectivity index (χ4v) is 9.58. The summed E-state index contributed by atoms with van der Waals surface area (Å²) in [5.41, 5.74) is 9.59. The normalized spacial score (nSPS) is 12.9. The Hall–Kier alpha value is -8.02. The van der Waals surface area contributed by atoms with Crippen LogP contribution < -0.4 is 19.3 Å². The molecular formula is C54H33N3O2. The van der Waals surface area contributed by atoms with E-state index in [4.69, 9.17) is 9.47 Å². The summed E-state index contributed by atoms with van der Waals surface area (Å²) >= 11 is 0. The lowest BCUT2D eigenvalue weighted by Crippen LogP contribution is -2.17. The van der Waals surface area contributed by atoms with Crippen molar-refractivity contribution in [3.8, 4) is 28.7 Å². The van der Waals surface area contributed by atoms with Crippen molar-refractivity contribution in [1.29, 1.82) is 0 Å². The molecule has 0 unspecified atom stereocenters. The highest BCUT2D eigenvalue weighted by molar-refractivity contribution is 6.25. The lowest BCUT2D eigenvalue weighted by molar-refractivity contribution is 0.477. The minimum absolute atomic E-state index is 0.820. The highest BCUT2D eigenvalue weighted by Gasteiger charge is 2.31. The molecule has 276 valence electrons. The third kappa shape index (κ3) is 4.61. The number of para-hydroxylation sites is 8. The summed E-state index contributed by atoms with van der Waals surface area (Å²) in [6.45, 7) is 0. The van der Waals surface area contributed by atoms with Crippen molar-refractivity contribution in [3.63, 3.8) is 0 Å². The molecule has 0 saturated carbocycles. The number of aromatic nitrogens is 1. The predicted octanol–water partition coefficient (Wildman–Crippen LogP) is 15.4. The molecule has 13 rings (SSSR count). The Kier molecular flexibility index (Phi) is 6.66. The van der Waals surface area contributed by atoms with Crippen LogP contribution in [-0.2, 0) is 0 Å². The quantitative estimate of drug-likeness (QED) is 0.168. The number of hydrogen-bond acceptors (Lipinski definition) is 4. The van der Waals surface area contributed by atoms with E-state index in [0.29, 0.717) is 0 Å². The zero-order chi connectivity index (χ0) is 38.6. The van der Waals surface area contributed by atoms with E-state index in [1.807, 2.05) is 24.3 Å². The molecule has 0 spiro atoms. The Balaban J connectivity index is 1.11. The number of ether oxygens (including phenoxy) is 2. The second kappa shape index (κ2) is 12.2. The van der Waals surface area contributed by atoms with Crippen LogP contribution in [0.15, 0.2) is 200 Å². The molecule has 5 nitrogen and oxygen atoms in total. The van der Waals surface area contributed by atoms with Gasteiger partial charge in [0.15, 0.2) is 23.0 Å². The van der Waals surface area contributed by atoms with Gasteiger partial charge in [-0.1, -0.05) is 121 Å². The average Bonchev–Trinajstić information content (AvgIpc) is 3.62. The molecule has 10 aromatic carbocycles. The van der Waals surface area contributed by atoms with E-state index in [-0.39, 0.29) is 0 Å². The molecule has 0 aliphatic carbocycles. The summed E-state index contributed by atoms with van der Waals surface area (Å²) < 4.78 is 15.7. The van der Waals surface area contributed by atoms with E-state index >= 15 is 0 Å². The summed E-state index contributed by atoms with van der Waals surface area (Å²) in [6, 6.07) is 71.3. The molecule has 0 amide bonds. The van der Waals surface area contributed by atoms with Crippen molar-refractivity contribution < 1.29 is 9.47 Å². The Labute approximate surface area is 339 Å². The van der Waals surface area contributed by atoms with Gasteiger partial charge in [0.2, 0.25) is 0 Å². The van der Waals surface area contributed by atoms with Gasteiger partial charge in [-0.3, -0.25) is 0 Å². The number of fused-ring (bicyclic) bond motifs is 12. The zero-order valence-electron chi connectivity index (χ0n) is 31.7. The van der Waals surface area contributed by atoms with Crippen LogP contribution in [0.2, 0.25) is 0 Å². The van der Waals surface area contributed by atoms with Gasteiger partial charge < -0.3 is 23.8 Å². The Morgan fingerprint density at radius 3 is 1.27 bits per heavy atom. The Morgan fingerprint density at radius 1 is 0.254 bits per heavy atom. The topological polar surface area (TPSA) is 29.9 Å². The lowest BCUT2D eigenvalue weighted by atomic mass is 9.93. The zero-order valence-corrected chi connectivity index (χ0v) is 31.7. The fraction of sp³-hybridized carbons (Fsp3) is 0. The first-order valence-corrected chi connectivity index (χ1v) is 20.0. The van der Waals surface area contributed by atoms with Crippen LogP contribution in [0, 0.1) is 0 Å². The Bertz CT molecular complexity index is 3490. The van der Waals surface area contributed by atoms with Crippen molar-refractivity contribution in [3.05, 3.63) is 200 Å². The standard InChI is InChI=1S/C54H33N3O2/c1-2-16-34(17-3-1)55-43-23-9-8-22-39(43)42-32-54-50(33-49(42)55)57(46-26-12-15-29-53(46)59-54)48-31-41-35-18-4-6-20-37(35)47(30-40(41)36-19-5-7-21-38(36)48)56-44-24-10-13-27-51(44)58-52-28-14-11-25-45(52)56/h1-33H. The summed E-state index contributed by atoms with van der Waals surface area (Å²) in [7, 11) is 0. The van der Waals surface area contributed by atoms with Crippen LogP contribution in [0.5, 0.6) is 23.0 Å². The van der Waals surface area contributed by atoms with E-state index in [2.05, 4.69) is 190 Å². The van der Waals surface area contributed by atoms with Crippen LogP contribution in [0.1, 0.15) is 0 Å². The second-order valence-electron chi connectivity index (χ2n) is 15.3. The molecule has 3 heterocycles. The minimum atomic E-state index is 0.820. The summed E-state index contributed by atoms with van der Waals surface area (Å²) in [6.07, 6.45) is 0. The third-order valence-corrected chi connectivity index (χ3v) is 12.1. The van der Waals surface area contributed by atoms with Crippen LogP contribution in [0.4, 0.5) is 34.1 Å². The molecule has 2 aliphatic heterocycles. The van der Waals surface area contributed by atoms with Gasteiger partial charge in [0.25, 0.3) is 0 Å². The van der Waals surface area contributed by atoms with Gasteiger partial charge in [0.05, 0.1) is 45.2 Å². The smallest absolute Gasteiger partial charge is 0.152 e. The van der Waals surface area contributed by atoms with E-state index in [9.17, 15) is 0 Å². The van der Waals surface area contributed by atoms with Gasteiger partial charge in [-0.25, -0.2) is 0 Å². The van der Waals surface area contributed by atoms with Gasteiger partial charge >= 0.3 is 0 Å². The Morgan fingerprint density at radius 2 is 0.695 bits per heavy atom. The molecule has 2 aliphatic rings. The summed E-state index contributed by atoms with van der Waals surface area (Å²) in [5, 5.41) is 9.35. The maximum atomic E-state index is 6.84. The van der Waals surface area contributed by atoms with Crippen molar-refractivity contribution in [2.24, 2.45) is 0 Å². The summed E-state index contributed by atoms with van der Waals surface area (Å²) in [4.78, 5) is 4.78. The number of rotatable bonds is 3. The molecule has 0 saturated heterocycles. The third-order valence-electron chi connectivity index (χ3n) is 12.1. The van der Waals surface area contributed by atoms with E-state index in [1.165, 1.54) is 26.9 Å². The van der Waals surface area contributed by atoms with E-state index in [1.54, 1.807) is 0 Å². The second-order valence-corrected chi connectivity index (χ2v) is 15.3. The van der Waals surface area contributed by atoms with Crippen LogP contribution in [0.3, 0.4) is 0 Å². The van der Waals surface area contributed by atoms with Crippen LogP contribution >= 0.6 is 0 Å². The maximum Gasteiger partial charge on any atom is 0.152 e. The number of hydrogen-bond donors (Lipinski definition) is 0. The van der Waals surface area contributed by atoms with Crippen LogP contribution in [0.25, 0.3) is 59.8 Å². The van der Waals surface area contributed by atoms with Gasteiger partial charge in [0.1, 0.15) is 0 Å². The van der Waals surface area contributed by atoms with E-state index < -0.39 is 0 Å². The molecule has 0 N–H and O–H groups in total. The number of nitrogens with zero attached hydrogens (tertiary/aromatic N) is 3. The van der Waals surface area contributed by atoms with Gasteiger partial charge in [-0.05, 0) is 100 Å².